The van der Waals surface area contributed by atoms with Crippen LogP contribution in [0.15, 0.2) is 18.2 Å². The molecule has 3 rings (SSSR count). The zero-order valence-electron chi connectivity index (χ0n) is 12.4. The summed E-state index contributed by atoms with van der Waals surface area (Å²) in [6.07, 6.45) is 0.377. The maximum Gasteiger partial charge on any atom is 0.238 e. The number of ether oxygens (including phenoxy) is 1. The minimum absolute atomic E-state index is 0.0145. The number of amides is 2. The summed E-state index contributed by atoms with van der Waals surface area (Å²) in [5.74, 6) is 2.38. The van der Waals surface area contributed by atoms with Crippen molar-refractivity contribution in [1.82, 2.24) is 10.6 Å². The summed E-state index contributed by atoms with van der Waals surface area (Å²) < 4.78 is 5.59. The highest BCUT2D eigenvalue weighted by Gasteiger charge is 2.23. The van der Waals surface area contributed by atoms with Gasteiger partial charge in [-0.2, -0.15) is 0 Å². The molecule has 2 N–H and O–H groups in total. The molecule has 2 amide bonds. The van der Waals surface area contributed by atoms with Crippen LogP contribution in [-0.4, -0.2) is 43.1 Å². The van der Waals surface area contributed by atoms with Crippen molar-refractivity contribution in [3.05, 3.63) is 23.8 Å². The Bertz CT molecular complexity index is 587. The van der Waals surface area contributed by atoms with E-state index in [1.807, 2.05) is 18.2 Å². The summed E-state index contributed by atoms with van der Waals surface area (Å²) in [7, 11) is 1.75. The minimum atomic E-state index is -0.113. The largest absolute Gasteiger partial charge is 0.491 e. The SMILES string of the molecule is CN1C(=O)CCOc2ccc(CNC(=O)C3CSCN3)cc21. The van der Waals surface area contributed by atoms with E-state index in [0.717, 1.165) is 22.9 Å². The summed E-state index contributed by atoms with van der Waals surface area (Å²) >= 11 is 1.72. The molecule has 2 aliphatic heterocycles. The first-order chi connectivity index (χ1) is 10.6. The number of thioether (sulfide) groups is 1. The second-order valence-corrected chi connectivity index (χ2v) is 6.37. The van der Waals surface area contributed by atoms with Crippen molar-refractivity contribution in [1.29, 1.82) is 0 Å². The van der Waals surface area contributed by atoms with Gasteiger partial charge in [-0.25, -0.2) is 0 Å². The van der Waals surface area contributed by atoms with Gasteiger partial charge in [-0.15, -0.1) is 11.8 Å². The van der Waals surface area contributed by atoms with E-state index < -0.39 is 0 Å². The number of carbonyl (C=O) groups excluding carboxylic acids is 2. The van der Waals surface area contributed by atoms with Crippen LogP contribution in [0.5, 0.6) is 5.75 Å². The van der Waals surface area contributed by atoms with Gasteiger partial charge in [0.05, 0.1) is 24.8 Å². The van der Waals surface area contributed by atoms with E-state index in [4.69, 9.17) is 4.74 Å². The van der Waals surface area contributed by atoms with Crippen molar-refractivity contribution in [3.63, 3.8) is 0 Å². The number of rotatable bonds is 3. The van der Waals surface area contributed by atoms with Crippen LogP contribution in [0.3, 0.4) is 0 Å². The Labute approximate surface area is 133 Å². The molecule has 22 heavy (non-hydrogen) atoms. The van der Waals surface area contributed by atoms with Gasteiger partial charge < -0.3 is 15.0 Å². The van der Waals surface area contributed by atoms with Crippen molar-refractivity contribution >= 4 is 29.3 Å². The lowest BCUT2D eigenvalue weighted by Crippen LogP contribution is -2.41. The highest BCUT2D eigenvalue weighted by molar-refractivity contribution is 7.99. The van der Waals surface area contributed by atoms with E-state index >= 15 is 0 Å². The molecule has 2 aliphatic rings. The third-order valence-electron chi connectivity index (χ3n) is 3.83. The molecule has 1 fully saturated rings. The summed E-state index contributed by atoms with van der Waals surface area (Å²) in [6, 6.07) is 5.56. The highest BCUT2D eigenvalue weighted by atomic mass is 32.2. The molecule has 0 bridgehead atoms. The van der Waals surface area contributed by atoms with Gasteiger partial charge in [0.15, 0.2) is 0 Å². The third kappa shape index (κ3) is 3.20. The van der Waals surface area contributed by atoms with Crippen LogP contribution in [0.4, 0.5) is 5.69 Å². The first kappa shape index (κ1) is 15.2. The number of carbonyl (C=O) groups is 2. The molecule has 118 valence electrons. The predicted molar refractivity (Wildman–Crippen MR) is 86.1 cm³/mol. The molecule has 0 radical (unpaired) electrons. The number of nitrogens with one attached hydrogen (secondary N) is 2. The fourth-order valence-electron chi connectivity index (χ4n) is 2.48. The maximum atomic E-state index is 12.0. The molecule has 2 heterocycles. The van der Waals surface area contributed by atoms with Gasteiger partial charge in [0, 0.05) is 25.2 Å². The van der Waals surface area contributed by atoms with Gasteiger partial charge in [0.2, 0.25) is 11.8 Å². The predicted octanol–water partition coefficient (Wildman–Crippen LogP) is 0.711. The van der Waals surface area contributed by atoms with Crippen LogP contribution in [0.25, 0.3) is 0 Å². The quantitative estimate of drug-likeness (QED) is 0.858. The first-order valence-electron chi connectivity index (χ1n) is 7.26. The Morgan fingerprint density at radius 1 is 1.55 bits per heavy atom. The van der Waals surface area contributed by atoms with Crippen molar-refractivity contribution < 1.29 is 14.3 Å². The monoisotopic (exact) mass is 321 g/mol. The molecule has 1 aromatic carbocycles. The molecule has 0 spiro atoms. The smallest absolute Gasteiger partial charge is 0.238 e. The van der Waals surface area contributed by atoms with E-state index in [2.05, 4.69) is 10.6 Å². The van der Waals surface area contributed by atoms with E-state index in [9.17, 15) is 9.59 Å². The second-order valence-electron chi connectivity index (χ2n) is 5.34. The van der Waals surface area contributed by atoms with Crippen LogP contribution < -0.4 is 20.3 Å². The number of hydrogen-bond acceptors (Lipinski definition) is 5. The Morgan fingerprint density at radius 2 is 2.41 bits per heavy atom. The third-order valence-corrected chi connectivity index (χ3v) is 4.77. The topological polar surface area (TPSA) is 70.7 Å². The minimum Gasteiger partial charge on any atom is -0.491 e. The summed E-state index contributed by atoms with van der Waals surface area (Å²) in [6.45, 7) is 0.842. The van der Waals surface area contributed by atoms with Crippen LogP contribution >= 0.6 is 11.8 Å². The Morgan fingerprint density at radius 3 is 3.18 bits per heavy atom. The second kappa shape index (κ2) is 6.58. The Kier molecular flexibility index (Phi) is 4.54. The van der Waals surface area contributed by atoms with Gasteiger partial charge in [-0.3, -0.25) is 14.9 Å². The van der Waals surface area contributed by atoms with Gasteiger partial charge in [-0.1, -0.05) is 6.07 Å². The number of nitrogens with zero attached hydrogens (tertiary/aromatic N) is 1. The van der Waals surface area contributed by atoms with Crippen molar-refractivity contribution in [3.8, 4) is 5.75 Å². The standard InChI is InChI=1S/C15H19N3O3S/c1-18-12-6-10(2-3-13(12)21-5-4-14(18)19)7-16-15(20)11-8-22-9-17-11/h2-3,6,11,17H,4-5,7-9H2,1H3,(H,16,20). The van der Waals surface area contributed by atoms with E-state index in [-0.39, 0.29) is 17.9 Å². The van der Waals surface area contributed by atoms with E-state index in [1.54, 1.807) is 23.7 Å². The molecule has 0 aliphatic carbocycles. The summed E-state index contributed by atoms with van der Waals surface area (Å²) in [4.78, 5) is 25.5. The Hall–Kier alpha value is -1.73. The highest BCUT2D eigenvalue weighted by Crippen LogP contribution is 2.31. The summed E-state index contributed by atoms with van der Waals surface area (Å²) in [5, 5.41) is 6.07. The van der Waals surface area contributed by atoms with Gasteiger partial charge in [-0.05, 0) is 17.7 Å². The molecule has 1 saturated heterocycles. The molecule has 1 atom stereocenters. The zero-order chi connectivity index (χ0) is 15.5. The van der Waals surface area contributed by atoms with Gasteiger partial charge in [0.1, 0.15) is 5.75 Å². The molecule has 1 unspecified atom stereocenters. The summed E-state index contributed by atoms with van der Waals surface area (Å²) in [5.41, 5.74) is 1.70. The number of benzene rings is 1. The number of fused-ring (bicyclic) bond motifs is 1. The lowest BCUT2D eigenvalue weighted by atomic mass is 10.1. The average molecular weight is 321 g/mol. The van der Waals surface area contributed by atoms with Crippen LogP contribution in [0.2, 0.25) is 0 Å². The Balaban J connectivity index is 1.69. The van der Waals surface area contributed by atoms with Gasteiger partial charge >= 0.3 is 0 Å². The first-order valence-corrected chi connectivity index (χ1v) is 8.42. The molecule has 0 saturated carbocycles. The maximum absolute atomic E-state index is 12.0. The molecule has 0 aromatic heterocycles. The van der Waals surface area contributed by atoms with Crippen LogP contribution in [0.1, 0.15) is 12.0 Å². The normalized spacial score (nSPS) is 21.0. The number of hydrogen-bond donors (Lipinski definition) is 2. The van der Waals surface area contributed by atoms with Crippen molar-refractivity contribution in [2.45, 2.75) is 19.0 Å². The van der Waals surface area contributed by atoms with E-state index in [0.29, 0.717) is 25.3 Å². The van der Waals surface area contributed by atoms with E-state index in [1.165, 1.54) is 0 Å². The lowest BCUT2D eigenvalue weighted by molar-refractivity contribution is -0.122. The molecular formula is C15H19N3O3S. The van der Waals surface area contributed by atoms with Crippen LogP contribution in [-0.2, 0) is 16.1 Å². The van der Waals surface area contributed by atoms with Crippen LogP contribution in [0, 0.1) is 0 Å². The molecule has 1 aromatic rings. The number of anilines is 1. The fourth-order valence-corrected chi connectivity index (χ4v) is 3.43. The lowest BCUT2D eigenvalue weighted by Gasteiger charge is -2.18. The molecular weight excluding hydrogens is 302 g/mol. The average Bonchev–Trinajstić information content (AvgIpc) is 3.02. The molecule has 7 heteroatoms. The zero-order valence-corrected chi connectivity index (χ0v) is 13.2. The fraction of sp³-hybridized carbons (Fsp3) is 0.467. The molecule has 6 nitrogen and oxygen atoms in total. The van der Waals surface area contributed by atoms with Gasteiger partial charge in [0.25, 0.3) is 0 Å². The van der Waals surface area contributed by atoms with Crippen molar-refractivity contribution in [2.75, 3.05) is 30.2 Å². The van der Waals surface area contributed by atoms with Crippen molar-refractivity contribution in [2.24, 2.45) is 0 Å².